The Bertz CT molecular complexity index is 660. The summed E-state index contributed by atoms with van der Waals surface area (Å²) in [5, 5.41) is 7.64. The first-order chi connectivity index (χ1) is 13.0. The molecule has 0 aromatic carbocycles. The smallest absolute Gasteiger partial charge is 0.243 e. The van der Waals surface area contributed by atoms with E-state index in [-0.39, 0.29) is 48.6 Å². The minimum absolute atomic E-state index is 0. The number of aryl methyl sites for hydroxylation is 1. The van der Waals surface area contributed by atoms with Crippen LogP contribution in [0.1, 0.15) is 24.5 Å². The van der Waals surface area contributed by atoms with Gasteiger partial charge in [0, 0.05) is 52.6 Å². The number of ether oxygens (including phenoxy) is 2. The van der Waals surface area contributed by atoms with Gasteiger partial charge in [0.25, 0.3) is 0 Å². The molecule has 0 spiro atoms. The highest BCUT2D eigenvalue weighted by atomic mass is 127. The first-order valence-corrected chi connectivity index (χ1v) is 9.48. The summed E-state index contributed by atoms with van der Waals surface area (Å²) in [5.74, 6) is 0.710. The number of halogens is 1. The van der Waals surface area contributed by atoms with E-state index < -0.39 is 0 Å². The molecule has 3 rings (SSSR count). The fourth-order valence-corrected chi connectivity index (χ4v) is 3.21. The molecule has 1 aromatic heterocycles. The molecule has 0 aliphatic carbocycles. The molecule has 2 saturated heterocycles. The molecule has 0 bridgehead atoms. The standard InChI is InChI=1S/C18H30N6O3.HI/c1-22(2)17(25)11-20-18(19-10-15-5-4-7-26-15)24-6-8-27-16(13-24)14-9-21-23(3)12-14;/h9,12,15-16H,4-8,10-11,13H2,1-3H3,(H,19,20);1H. The molecule has 0 saturated carbocycles. The van der Waals surface area contributed by atoms with Gasteiger partial charge >= 0.3 is 0 Å². The number of amides is 1. The second-order valence-corrected chi connectivity index (χ2v) is 7.20. The zero-order chi connectivity index (χ0) is 19.2. The van der Waals surface area contributed by atoms with Gasteiger partial charge in [-0.3, -0.25) is 9.48 Å². The van der Waals surface area contributed by atoms with Crippen molar-refractivity contribution >= 4 is 35.8 Å². The number of carbonyl (C=O) groups is 1. The van der Waals surface area contributed by atoms with Crippen molar-refractivity contribution in [2.75, 3.05) is 53.5 Å². The fourth-order valence-electron chi connectivity index (χ4n) is 3.21. The van der Waals surface area contributed by atoms with Crippen LogP contribution in [0.3, 0.4) is 0 Å². The lowest BCUT2D eigenvalue weighted by molar-refractivity contribution is -0.127. The average Bonchev–Trinajstić information content (AvgIpc) is 3.33. The lowest BCUT2D eigenvalue weighted by Gasteiger charge is -2.35. The highest BCUT2D eigenvalue weighted by Gasteiger charge is 2.26. The third-order valence-corrected chi connectivity index (χ3v) is 4.84. The molecule has 28 heavy (non-hydrogen) atoms. The van der Waals surface area contributed by atoms with Gasteiger partial charge in [-0.05, 0) is 12.8 Å². The van der Waals surface area contributed by atoms with E-state index in [0.717, 1.165) is 37.5 Å². The summed E-state index contributed by atoms with van der Waals surface area (Å²) in [6.07, 6.45) is 6.10. The van der Waals surface area contributed by atoms with Crippen LogP contribution in [0, 0.1) is 0 Å². The van der Waals surface area contributed by atoms with Crippen molar-refractivity contribution in [1.82, 2.24) is 24.9 Å². The number of aromatic nitrogens is 2. The second kappa shape index (κ2) is 11.0. The van der Waals surface area contributed by atoms with Gasteiger partial charge in [-0.25, -0.2) is 4.99 Å². The number of nitrogens with one attached hydrogen (secondary N) is 1. The molecule has 10 heteroatoms. The minimum Gasteiger partial charge on any atom is -0.376 e. The molecule has 2 atom stereocenters. The fraction of sp³-hybridized carbons (Fsp3) is 0.722. The Morgan fingerprint density at radius 2 is 2.21 bits per heavy atom. The van der Waals surface area contributed by atoms with Gasteiger partial charge in [-0.2, -0.15) is 5.10 Å². The molecule has 0 radical (unpaired) electrons. The van der Waals surface area contributed by atoms with E-state index in [9.17, 15) is 4.79 Å². The van der Waals surface area contributed by atoms with Crippen LogP contribution in [0.5, 0.6) is 0 Å². The van der Waals surface area contributed by atoms with Gasteiger partial charge in [0.1, 0.15) is 12.6 Å². The van der Waals surface area contributed by atoms with Gasteiger partial charge in [0.2, 0.25) is 5.91 Å². The highest BCUT2D eigenvalue weighted by Crippen LogP contribution is 2.21. The van der Waals surface area contributed by atoms with E-state index in [4.69, 9.17) is 9.47 Å². The molecule has 1 amide bonds. The summed E-state index contributed by atoms with van der Waals surface area (Å²) in [7, 11) is 5.38. The molecule has 1 aromatic rings. The number of guanidine groups is 1. The largest absolute Gasteiger partial charge is 0.376 e. The number of likely N-dealkylation sites (N-methyl/N-ethyl adjacent to an activating group) is 1. The minimum atomic E-state index is -0.0632. The summed E-state index contributed by atoms with van der Waals surface area (Å²) in [5.41, 5.74) is 1.05. The summed E-state index contributed by atoms with van der Waals surface area (Å²) < 4.78 is 13.4. The lowest BCUT2D eigenvalue weighted by Crippen LogP contribution is -2.50. The molecule has 158 valence electrons. The zero-order valence-electron chi connectivity index (χ0n) is 16.8. The van der Waals surface area contributed by atoms with E-state index in [1.807, 2.05) is 19.4 Å². The van der Waals surface area contributed by atoms with Crippen LogP contribution < -0.4 is 5.32 Å². The Labute approximate surface area is 183 Å². The molecule has 3 heterocycles. The molecule has 9 nitrogen and oxygen atoms in total. The van der Waals surface area contributed by atoms with E-state index in [0.29, 0.717) is 19.7 Å². The van der Waals surface area contributed by atoms with Crippen LogP contribution in [0.15, 0.2) is 17.4 Å². The molecule has 2 aliphatic heterocycles. The Hall–Kier alpha value is -1.40. The maximum atomic E-state index is 12.0. The third kappa shape index (κ3) is 6.31. The maximum Gasteiger partial charge on any atom is 0.243 e. The summed E-state index contributed by atoms with van der Waals surface area (Å²) in [6.45, 7) is 3.63. The molecule has 2 unspecified atom stereocenters. The maximum absolute atomic E-state index is 12.0. The van der Waals surface area contributed by atoms with Crippen LogP contribution in [-0.2, 0) is 21.3 Å². The van der Waals surface area contributed by atoms with Gasteiger partial charge in [-0.15, -0.1) is 24.0 Å². The number of carbonyl (C=O) groups excluding carboxylic acids is 1. The Morgan fingerprint density at radius 3 is 2.86 bits per heavy atom. The number of aliphatic imine (C=N–C) groups is 1. The van der Waals surface area contributed by atoms with Crippen molar-refractivity contribution in [3.8, 4) is 0 Å². The van der Waals surface area contributed by atoms with Crippen molar-refractivity contribution in [3.63, 3.8) is 0 Å². The number of hydrogen-bond acceptors (Lipinski definition) is 5. The molecular formula is C18H31IN6O3. The monoisotopic (exact) mass is 506 g/mol. The Morgan fingerprint density at radius 1 is 1.39 bits per heavy atom. The van der Waals surface area contributed by atoms with Gasteiger partial charge < -0.3 is 24.6 Å². The van der Waals surface area contributed by atoms with Gasteiger partial charge in [0.05, 0.1) is 25.5 Å². The molecule has 2 aliphatic rings. The highest BCUT2D eigenvalue weighted by molar-refractivity contribution is 14.0. The van der Waals surface area contributed by atoms with Crippen LogP contribution in [0.2, 0.25) is 0 Å². The number of rotatable bonds is 5. The third-order valence-electron chi connectivity index (χ3n) is 4.84. The first kappa shape index (κ1) is 22.9. The molecule has 1 N–H and O–H groups in total. The van der Waals surface area contributed by atoms with Crippen molar-refractivity contribution in [1.29, 1.82) is 0 Å². The number of nitrogens with zero attached hydrogens (tertiary/aromatic N) is 5. The summed E-state index contributed by atoms with van der Waals surface area (Å²) >= 11 is 0. The lowest BCUT2D eigenvalue weighted by atomic mass is 10.1. The summed E-state index contributed by atoms with van der Waals surface area (Å²) in [4.78, 5) is 20.3. The van der Waals surface area contributed by atoms with Crippen molar-refractivity contribution in [2.45, 2.75) is 25.0 Å². The van der Waals surface area contributed by atoms with Crippen molar-refractivity contribution in [2.24, 2.45) is 12.0 Å². The molecular weight excluding hydrogens is 475 g/mol. The van der Waals surface area contributed by atoms with E-state index in [2.05, 4.69) is 20.3 Å². The molecule has 2 fully saturated rings. The van der Waals surface area contributed by atoms with E-state index >= 15 is 0 Å². The first-order valence-electron chi connectivity index (χ1n) is 9.48. The van der Waals surface area contributed by atoms with Gasteiger partial charge in [-0.1, -0.05) is 0 Å². The van der Waals surface area contributed by atoms with Crippen LogP contribution >= 0.6 is 24.0 Å². The number of morpholine rings is 1. The van der Waals surface area contributed by atoms with E-state index in [1.54, 1.807) is 23.7 Å². The van der Waals surface area contributed by atoms with Gasteiger partial charge in [0.15, 0.2) is 5.96 Å². The predicted octanol–water partition coefficient (Wildman–Crippen LogP) is 0.624. The second-order valence-electron chi connectivity index (χ2n) is 7.20. The van der Waals surface area contributed by atoms with E-state index in [1.165, 1.54) is 0 Å². The Balaban J connectivity index is 0.00000280. The summed E-state index contributed by atoms with van der Waals surface area (Å²) in [6, 6.07) is 0. The van der Waals surface area contributed by atoms with Crippen LogP contribution in [0.4, 0.5) is 0 Å². The van der Waals surface area contributed by atoms with Crippen LogP contribution in [0.25, 0.3) is 0 Å². The van der Waals surface area contributed by atoms with Crippen molar-refractivity contribution in [3.05, 3.63) is 18.0 Å². The topological polar surface area (TPSA) is 84.2 Å². The SMILES string of the molecule is CN(C)C(=O)CN=C(NCC1CCCO1)N1CCOC(c2cnn(C)c2)C1.I. The zero-order valence-corrected chi connectivity index (χ0v) is 19.2. The normalized spacial score (nSPS) is 22.7. The average molecular weight is 506 g/mol. The predicted molar refractivity (Wildman–Crippen MR) is 117 cm³/mol. The quantitative estimate of drug-likeness (QED) is 0.359. The number of hydrogen-bond donors (Lipinski definition) is 1. The van der Waals surface area contributed by atoms with Crippen LogP contribution in [-0.4, -0.2) is 91.0 Å². The van der Waals surface area contributed by atoms with Crippen molar-refractivity contribution < 1.29 is 14.3 Å². The Kier molecular flexibility index (Phi) is 8.96.